The number of pyridine rings is 1. The summed E-state index contributed by atoms with van der Waals surface area (Å²) in [5.41, 5.74) is 6.22. The van der Waals surface area contributed by atoms with E-state index in [9.17, 15) is 0 Å². The quantitative estimate of drug-likeness (QED) is 0.511. The fourth-order valence-electron chi connectivity index (χ4n) is 2.89. The molecule has 4 aromatic rings. The van der Waals surface area contributed by atoms with Crippen LogP contribution >= 0.6 is 0 Å². The van der Waals surface area contributed by atoms with E-state index in [2.05, 4.69) is 65.2 Å². The molecule has 98 valence electrons. The van der Waals surface area contributed by atoms with Gasteiger partial charge in [0.05, 0.1) is 17.2 Å². The number of nitrogens with zero attached hydrogens (tertiary/aromatic N) is 3. The van der Waals surface area contributed by atoms with Crippen molar-refractivity contribution in [2.24, 2.45) is 7.05 Å². The van der Waals surface area contributed by atoms with Gasteiger partial charge in [-0.15, -0.1) is 0 Å². The van der Waals surface area contributed by atoms with Crippen LogP contribution in [-0.2, 0) is 7.05 Å². The first kappa shape index (κ1) is 11.3. The minimum absolute atomic E-state index is 1.17. The summed E-state index contributed by atoms with van der Waals surface area (Å²) in [5.74, 6) is 0. The molecule has 0 radical (unpaired) electrons. The van der Waals surface area contributed by atoms with Gasteiger partial charge >= 0.3 is 0 Å². The van der Waals surface area contributed by atoms with Gasteiger partial charge in [0.2, 0.25) is 0 Å². The molecule has 0 amide bonds. The zero-order chi connectivity index (χ0) is 13.7. The molecule has 3 heteroatoms. The molecule has 0 aliphatic carbocycles. The number of rotatable bonds is 1. The van der Waals surface area contributed by atoms with E-state index in [4.69, 9.17) is 0 Å². The number of hydrogen-bond donors (Lipinski definition) is 0. The molecule has 0 saturated carbocycles. The molecule has 0 aliphatic heterocycles. The Kier molecular flexibility index (Phi) is 2.24. The lowest BCUT2D eigenvalue weighted by Gasteiger charge is -2.09. The monoisotopic (exact) mass is 261 g/mol. The van der Waals surface area contributed by atoms with Crippen LogP contribution < -0.4 is 0 Å². The smallest absolute Gasteiger partial charge is 0.0682 e. The third kappa shape index (κ3) is 1.50. The Morgan fingerprint density at radius 1 is 0.950 bits per heavy atom. The van der Waals surface area contributed by atoms with Crippen LogP contribution in [0.5, 0.6) is 0 Å². The van der Waals surface area contributed by atoms with Gasteiger partial charge in [-0.25, -0.2) is 0 Å². The molecular formula is C17H15N3. The molecular weight excluding hydrogens is 246 g/mol. The Labute approximate surface area is 117 Å². The summed E-state index contributed by atoms with van der Waals surface area (Å²) in [6.45, 7) is 2.16. The third-order valence-electron chi connectivity index (χ3n) is 3.95. The van der Waals surface area contributed by atoms with Crippen molar-refractivity contribution >= 4 is 16.4 Å². The van der Waals surface area contributed by atoms with Crippen LogP contribution in [0.2, 0.25) is 0 Å². The van der Waals surface area contributed by atoms with Gasteiger partial charge in [-0.1, -0.05) is 6.07 Å². The third-order valence-corrected chi connectivity index (χ3v) is 3.95. The van der Waals surface area contributed by atoms with Crippen molar-refractivity contribution in [2.45, 2.75) is 6.92 Å². The summed E-state index contributed by atoms with van der Waals surface area (Å²) in [5, 5.41) is 5.52. The van der Waals surface area contributed by atoms with Crippen LogP contribution in [0.15, 0.2) is 55.0 Å². The van der Waals surface area contributed by atoms with E-state index in [1.165, 1.54) is 33.1 Å². The zero-order valence-corrected chi connectivity index (χ0v) is 11.5. The highest BCUT2D eigenvalue weighted by Gasteiger charge is 2.09. The van der Waals surface area contributed by atoms with E-state index in [0.717, 1.165) is 0 Å². The SMILES string of the molecule is Cc1cc2c(cnn2C)cc1-c1cccn2cccc12. The highest BCUT2D eigenvalue weighted by Crippen LogP contribution is 2.31. The lowest BCUT2D eigenvalue weighted by Crippen LogP contribution is -1.91. The van der Waals surface area contributed by atoms with Crippen molar-refractivity contribution in [3.63, 3.8) is 0 Å². The van der Waals surface area contributed by atoms with Crippen LogP contribution in [0.3, 0.4) is 0 Å². The van der Waals surface area contributed by atoms with Crippen LogP contribution in [-0.4, -0.2) is 14.2 Å². The van der Waals surface area contributed by atoms with Crippen molar-refractivity contribution in [1.29, 1.82) is 0 Å². The van der Waals surface area contributed by atoms with Crippen molar-refractivity contribution in [3.05, 3.63) is 60.6 Å². The van der Waals surface area contributed by atoms with E-state index in [1.54, 1.807) is 0 Å². The Hall–Kier alpha value is -2.55. The van der Waals surface area contributed by atoms with Gasteiger partial charge in [-0.05, 0) is 48.4 Å². The molecule has 0 aliphatic rings. The predicted molar refractivity (Wildman–Crippen MR) is 81.8 cm³/mol. The lowest BCUT2D eigenvalue weighted by molar-refractivity contribution is 0.796. The zero-order valence-electron chi connectivity index (χ0n) is 11.5. The maximum absolute atomic E-state index is 4.34. The van der Waals surface area contributed by atoms with Crippen molar-refractivity contribution in [2.75, 3.05) is 0 Å². The first-order valence-corrected chi connectivity index (χ1v) is 6.72. The summed E-state index contributed by atoms with van der Waals surface area (Å²) in [4.78, 5) is 0. The first-order chi connectivity index (χ1) is 9.74. The second kappa shape index (κ2) is 3.97. The molecule has 3 nitrogen and oxygen atoms in total. The Balaban J connectivity index is 2.06. The molecule has 3 aromatic heterocycles. The second-order valence-electron chi connectivity index (χ2n) is 5.22. The Bertz CT molecular complexity index is 928. The number of benzene rings is 1. The van der Waals surface area contributed by atoms with Crippen LogP contribution in [0, 0.1) is 6.92 Å². The molecule has 0 unspecified atom stereocenters. The number of aromatic nitrogens is 3. The number of aryl methyl sites for hydroxylation is 2. The van der Waals surface area contributed by atoms with Gasteiger partial charge in [-0.2, -0.15) is 5.10 Å². The van der Waals surface area contributed by atoms with Gasteiger partial charge in [-0.3, -0.25) is 4.68 Å². The predicted octanol–water partition coefficient (Wildman–Crippen LogP) is 3.80. The molecule has 4 rings (SSSR count). The van der Waals surface area contributed by atoms with E-state index in [1.807, 2.05) is 17.9 Å². The summed E-state index contributed by atoms with van der Waals surface area (Å²) in [7, 11) is 1.98. The van der Waals surface area contributed by atoms with E-state index in [0.29, 0.717) is 0 Å². The fourth-order valence-corrected chi connectivity index (χ4v) is 2.89. The van der Waals surface area contributed by atoms with Crippen LogP contribution in [0.25, 0.3) is 27.5 Å². The minimum Gasteiger partial charge on any atom is -0.323 e. The topological polar surface area (TPSA) is 22.2 Å². The van der Waals surface area contributed by atoms with E-state index < -0.39 is 0 Å². The van der Waals surface area contributed by atoms with Gasteiger partial charge in [0.25, 0.3) is 0 Å². The molecule has 3 heterocycles. The molecule has 0 atom stereocenters. The second-order valence-corrected chi connectivity index (χ2v) is 5.22. The van der Waals surface area contributed by atoms with E-state index >= 15 is 0 Å². The Morgan fingerprint density at radius 3 is 2.60 bits per heavy atom. The molecule has 0 saturated heterocycles. The van der Waals surface area contributed by atoms with Crippen molar-refractivity contribution < 1.29 is 0 Å². The largest absolute Gasteiger partial charge is 0.323 e. The molecule has 20 heavy (non-hydrogen) atoms. The maximum Gasteiger partial charge on any atom is 0.0682 e. The fraction of sp³-hybridized carbons (Fsp3) is 0.118. The lowest BCUT2D eigenvalue weighted by atomic mass is 9.98. The molecule has 0 spiro atoms. The number of fused-ring (bicyclic) bond motifs is 2. The number of hydrogen-bond acceptors (Lipinski definition) is 1. The van der Waals surface area contributed by atoms with Crippen LogP contribution in [0.1, 0.15) is 5.56 Å². The maximum atomic E-state index is 4.34. The highest BCUT2D eigenvalue weighted by molar-refractivity contribution is 5.90. The van der Waals surface area contributed by atoms with Gasteiger partial charge in [0.1, 0.15) is 0 Å². The first-order valence-electron chi connectivity index (χ1n) is 6.72. The van der Waals surface area contributed by atoms with Gasteiger partial charge in [0, 0.05) is 30.4 Å². The van der Waals surface area contributed by atoms with E-state index in [-0.39, 0.29) is 0 Å². The van der Waals surface area contributed by atoms with Crippen molar-refractivity contribution in [3.8, 4) is 11.1 Å². The Morgan fingerprint density at radius 2 is 1.75 bits per heavy atom. The summed E-state index contributed by atoms with van der Waals surface area (Å²) >= 11 is 0. The average Bonchev–Trinajstić information content (AvgIpc) is 3.05. The standard InChI is InChI=1S/C17H15N3/c1-12-9-17-13(11-18-19(17)2)10-15(12)14-5-3-7-20-8-4-6-16(14)20/h3-11H,1-2H3. The summed E-state index contributed by atoms with van der Waals surface area (Å²) in [6, 6.07) is 13.0. The van der Waals surface area contributed by atoms with Gasteiger partial charge in [0.15, 0.2) is 0 Å². The molecule has 0 N–H and O–H groups in total. The molecule has 0 bridgehead atoms. The van der Waals surface area contributed by atoms with Gasteiger partial charge < -0.3 is 4.40 Å². The molecule has 1 aromatic carbocycles. The highest BCUT2D eigenvalue weighted by atomic mass is 15.2. The van der Waals surface area contributed by atoms with Crippen LogP contribution in [0.4, 0.5) is 0 Å². The summed E-state index contributed by atoms with van der Waals surface area (Å²) < 4.78 is 4.08. The molecule has 0 fully saturated rings. The average molecular weight is 261 g/mol. The minimum atomic E-state index is 1.17. The summed E-state index contributed by atoms with van der Waals surface area (Å²) in [6.07, 6.45) is 6.09. The normalized spacial score (nSPS) is 11.5. The van der Waals surface area contributed by atoms with Crippen molar-refractivity contribution in [1.82, 2.24) is 14.2 Å².